The Morgan fingerprint density at radius 2 is 2.12 bits per heavy atom. The Labute approximate surface area is 156 Å². The highest BCUT2D eigenvalue weighted by atomic mass is 32.2. The lowest BCUT2D eigenvalue weighted by molar-refractivity contribution is -0.297. The van der Waals surface area contributed by atoms with Gasteiger partial charge in [-0.05, 0) is 42.3 Å². The van der Waals surface area contributed by atoms with Crippen molar-refractivity contribution < 1.29 is 18.2 Å². The molecule has 0 aliphatic heterocycles. The number of nitrogens with one attached hydrogen (secondary N) is 1. The molecule has 0 atom stereocenters. The van der Waals surface area contributed by atoms with Gasteiger partial charge in [0, 0.05) is 18.3 Å². The summed E-state index contributed by atoms with van der Waals surface area (Å²) in [7, 11) is 1.66. The van der Waals surface area contributed by atoms with E-state index in [2.05, 4.69) is 28.4 Å². The smallest absolute Gasteiger partial charge is 0.386 e. The number of rotatable bonds is 7. The van der Waals surface area contributed by atoms with Gasteiger partial charge in [0.15, 0.2) is 0 Å². The SMILES string of the molecule is CCCCSc1c[n+]#ccc1C(C)=Nc1cc(C(F)(F)F)ccc1NC. The van der Waals surface area contributed by atoms with Crippen molar-refractivity contribution in [3.8, 4) is 0 Å². The van der Waals surface area contributed by atoms with Crippen molar-refractivity contribution in [3.05, 3.63) is 47.8 Å². The quantitative estimate of drug-likeness (QED) is 0.409. The van der Waals surface area contributed by atoms with Crippen molar-refractivity contribution in [2.75, 3.05) is 18.1 Å². The fourth-order valence-corrected chi connectivity index (χ4v) is 3.46. The molecule has 0 radical (unpaired) electrons. The molecule has 1 aromatic heterocycles. The van der Waals surface area contributed by atoms with Crippen LogP contribution >= 0.6 is 11.8 Å². The Hall–Kier alpha value is -2.20. The van der Waals surface area contributed by atoms with Crippen LogP contribution in [0.25, 0.3) is 0 Å². The third-order valence-electron chi connectivity index (χ3n) is 3.76. The Kier molecular flexibility index (Phi) is 6.92. The fraction of sp³-hybridized carbons (Fsp3) is 0.368. The Morgan fingerprint density at radius 1 is 1.35 bits per heavy atom. The Bertz CT molecular complexity index is 773. The van der Waals surface area contributed by atoms with Gasteiger partial charge < -0.3 is 5.32 Å². The van der Waals surface area contributed by atoms with Crippen LogP contribution in [0, 0.1) is 6.20 Å². The highest BCUT2D eigenvalue weighted by Gasteiger charge is 2.31. The summed E-state index contributed by atoms with van der Waals surface area (Å²) in [6, 6.07) is 5.22. The third-order valence-corrected chi connectivity index (χ3v) is 4.89. The van der Waals surface area contributed by atoms with E-state index in [-0.39, 0.29) is 5.69 Å². The van der Waals surface area contributed by atoms with Gasteiger partial charge >= 0.3 is 18.6 Å². The van der Waals surface area contributed by atoms with Crippen LogP contribution < -0.4 is 10.3 Å². The number of aliphatic imine (C=N–C) groups is 1. The maximum atomic E-state index is 13.0. The van der Waals surface area contributed by atoms with E-state index in [1.54, 1.807) is 38.0 Å². The number of alkyl halides is 3. The molecule has 0 amide bonds. The summed E-state index contributed by atoms with van der Waals surface area (Å²) in [4.78, 5) is 9.44. The summed E-state index contributed by atoms with van der Waals surface area (Å²) < 4.78 is 39.0. The van der Waals surface area contributed by atoms with Gasteiger partial charge in [0.25, 0.3) is 0 Å². The number of thioether (sulfide) groups is 1. The van der Waals surface area contributed by atoms with E-state index in [1.807, 2.05) is 0 Å². The van der Waals surface area contributed by atoms with Gasteiger partial charge in [-0.25, -0.2) is 0 Å². The van der Waals surface area contributed by atoms with Gasteiger partial charge in [-0.15, -0.1) is 11.8 Å². The molecular formula is C19H21F3N3S+. The van der Waals surface area contributed by atoms with E-state index in [4.69, 9.17) is 0 Å². The summed E-state index contributed by atoms with van der Waals surface area (Å²) >= 11 is 1.67. The molecule has 2 rings (SSSR count). The summed E-state index contributed by atoms with van der Waals surface area (Å²) in [5, 5.41) is 2.89. The fourth-order valence-electron chi connectivity index (χ4n) is 2.32. The molecule has 0 saturated carbocycles. The van der Waals surface area contributed by atoms with Crippen LogP contribution in [-0.4, -0.2) is 18.5 Å². The molecule has 26 heavy (non-hydrogen) atoms. The van der Waals surface area contributed by atoms with E-state index in [0.717, 1.165) is 41.2 Å². The normalized spacial score (nSPS) is 12.0. The first kappa shape index (κ1) is 20.1. The first-order valence-corrected chi connectivity index (χ1v) is 9.29. The van der Waals surface area contributed by atoms with E-state index in [9.17, 15) is 13.2 Å². The van der Waals surface area contributed by atoms with Crippen LogP contribution in [0.5, 0.6) is 0 Å². The average molecular weight is 380 g/mol. The molecule has 0 fully saturated rings. The zero-order valence-corrected chi connectivity index (χ0v) is 15.8. The molecule has 1 heterocycles. The lowest BCUT2D eigenvalue weighted by atomic mass is 10.1. The minimum atomic E-state index is -4.41. The molecule has 0 saturated heterocycles. The largest absolute Gasteiger partial charge is 0.416 e. The molecule has 0 aliphatic rings. The highest BCUT2D eigenvalue weighted by molar-refractivity contribution is 7.99. The van der Waals surface area contributed by atoms with E-state index >= 15 is 0 Å². The number of aromatic nitrogens is 1. The Morgan fingerprint density at radius 3 is 2.77 bits per heavy atom. The van der Waals surface area contributed by atoms with Crippen LogP contribution in [0.2, 0.25) is 0 Å². The number of unbranched alkanes of at least 4 members (excludes halogenated alkanes) is 1. The number of halogens is 3. The van der Waals surface area contributed by atoms with Crippen molar-refractivity contribution in [2.45, 2.75) is 37.8 Å². The van der Waals surface area contributed by atoms with Crippen molar-refractivity contribution in [1.29, 1.82) is 0 Å². The lowest BCUT2D eigenvalue weighted by Crippen LogP contribution is -2.05. The number of nitrogens with zero attached hydrogens (tertiary/aromatic N) is 2. The molecule has 0 bridgehead atoms. The van der Waals surface area contributed by atoms with Crippen LogP contribution in [0.3, 0.4) is 0 Å². The number of hydrogen-bond donors (Lipinski definition) is 1. The highest BCUT2D eigenvalue weighted by Crippen LogP contribution is 2.35. The third kappa shape index (κ3) is 5.15. The number of hydrogen-bond acceptors (Lipinski definition) is 3. The van der Waals surface area contributed by atoms with Crippen LogP contribution in [-0.2, 0) is 6.18 Å². The first-order chi connectivity index (χ1) is 12.4. The average Bonchev–Trinajstić information content (AvgIpc) is 2.61. The van der Waals surface area contributed by atoms with E-state index in [1.165, 1.54) is 6.07 Å². The second-order valence-corrected chi connectivity index (χ2v) is 6.83. The second-order valence-electron chi connectivity index (χ2n) is 5.69. The zero-order chi connectivity index (χ0) is 19.2. The molecule has 1 aromatic carbocycles. The zero-order valence-electron chi connectivity index (χ0n) is 14.9. The van der Waals surface area contributed by atoms with Crippen LogP contribution in [0.1, 0.15) is 37.8 Å². The predicted molar refractivity (Wildman–Crippen MR) is 99.4 cm³/mol. The van der Waals surface area contributed by atoms with Crippen molar-refractivity contribution >= 4 is 28.8 Å². The first-order valence-electron chi connectivity index (χ1n) is 8.30. The van der Waals surface area contributed by atoms with Crippen LogP contribution in [0.15, 0.2) is 40.4 Å². The number of benzene rings is 1. The topological polar surface area (TPSA) is 38.5 Å². The maximum Gasteiger partial charge on any atom is 0.416 e. The molecule has 0 aliphatic carbocycles. The van der Waals surface area contributed by atoms with Gasteiger partial charge in [0.1, 0.15) is 4.90 Å². The maximum absolute atomic E-state index is 13.0. The minimum Gasteiger partial charge on any atom is -0.386 e. The van der Waals surface area contributed by atoms with Gasteiger partial charge in [0.05, 0.1) is 23.0 Å². The standard InChI is InChI=1S/C19H20F3N3S/c1-4-5-10-26-18-12-24-9-8-15(18)13(2)25-17-11-14(19(20,21)22)6-7-16(17)23-3/h6-8,11-12H,4-5,10H2,1-3H3/p+1. The second kappa shape index (κ2) is 8.95. The van der Waals surface area contributed by atoms with Crippen molar-refractivity contribution in [2.24, 2.45) is 4.99 Å². The molecule has 0 unspecified atom stereocenters. The van der Waals surface area contributed by atoms with E-state index in [0.29, 0.717) is 11.4 Å². The van der Waals surface area contributed by atoms with Crippen molar-refractivity contribution in [1.82, 2.24) is 0 Å². The molecule has 0 spiro atoms. The predicted octanol–water partition coefficient (Wildman–Crippen LogP) is 5.18. The molecule has 2 aromatic rings. The Balaban J connectivity index is 2.41. The summed E-state index contributed by atoms with van der Waals surface area (Å²) in [5.41, 5.74) is 1.53. The van der Waals surface area contributed by atoms with Gasteiger partial charge in [-0.2, -0.15) is 13.2 Å². The van der Waals surface area contributed by atoms with E-state index < -0.39 is 11.7 Å². The monoisotopic (exact) mass is 380 g/mol. The molecule has 7 heteroatoms. The summed E-state index contributed by atoms with van der Waals surface area (Å²) in [5.74, 6) is 0.952. The van der Waals surface area contributed by atoms with Gasteiger partial charge in [0.2, 0.25) is 0 Å². The van der Waals surface area contributed by atoms with Crippen LogP contribution in [0.4, 0.5) is 24.5 Å². The van der Waals surface area contributed by atoms with Gasteiger partial charge in [-0.1, -0.05) is 13.3 Å². The lowest BCUT2D eigenvalue weighted by Gasteiger charge is -2.12. The number of anilines is 1. The molecule has 3 nitrogen and oxygen atoms in total. The summed E-state index contributed by atoms with van der Waals surface area (Å²) in [6.45, 7) is 3.91. The molecular weight excluding hydrogens is 359 g/mol. The molecule has 1 N–H and O–H groups in total. The molecule has 138 valence electrons. The van der Waals surface area contributed by atoms with Crippen molar-refractivity contribution in [3.63, 3.8) is 0 Å². The minimum absolute atomic E-state index is 0.251. The summed E-state index contributed by atoms with van der Waals surface area (Å²) in [6.07, 6.45) is 2.27. The van der Waals surface area contributed by atoms with Gasteiger partial charge in [-0.3, -0.25) is 4.99 Å².